The van der Waals surface area contributed by atoms with E-state index in [-0.39, 0.29) is 0 Å². The fourth-order valence-corrected chi connectivity index (χ4v) is 3.00. The minimum absolute atomic E-state index is 0.546. The van der Waals surface area contributed by atoms with Crippen LogP contribution in [-0.2, 0) is 0 Å². The van der Waals surface area contributed by atoms with Gasteiger partial charge in [0.05, 0.1) is 6.61 Å². The first-order chi connectivity index (χ1) is 9.33. The molecule has 1 N–H and O–H groups in total. The van der Waals surface area contributed by atoms with Crippen LogP contribution in [0, 0.1) is 5.92 Å². The van der Waals surface area contributed by atoms with Crippen LogP contribution in [0.15, 0.2) is 18.2 Å². The van der Waals surface area contributed by atoms with Crippen LogP contribution in [0.2, 0.25) is 0 Å². The van der Waals surface area contributed by atoms with Crippen molar-refractivity contribution in [3.05, 3.63) is 18.2 Å². The Morgan fingerprint density at radius 3 is 2.74 bits per heavy atom. The van der Waals surface area contributed by atoms with E-state index in [0.29, 0.717) is 18.5 Å². The van der Waals surface area contributed by atoms with Crippen molar-refractivity contribution in [3.63, 3.8) is 0 Å². The number of rotatable bonds is 6. The van der Waals surface area contributed by atoms with E-state index in [0.717, 1.165) is 18.2 Å². The van der Waals surface area contributed by atoms with Gasteiger partial charge in [0.1, 0.15) is 5.82 Å². The van der Waals surface area contributed by atoms with Gasteiger partial charge in [0.2, 0.25) is 5.88 Å². The van der Waals surface area contributed by atoms with Gasteiger partial charge >= 0.3 is 0 Å². The summed E-state index contributed by atoms with van der Waals surface area (Å²) in [5.41, 5.74) is 0. The van der Waals surface area contributed by atoms with E-state index in [9.17, 15) is 0 Å². The number of ether oxygens (including phenoxy) is 1. The summed E-state index contributed by atoms with van der Waals surface area (Å²) in [6.07, 6.45) is 8.05. The maximum Gasteiger partial charge on any atom is 0.215 e. The molecule has 1 saturated carbocycles. The second kappa shape index (κ2) is 7.37. The fourth-order valence-electron chi connectivity index (χ4n) is 3.00. The molecule has 0 saturated heterocycles. The first-order valence-electron chi connectivity index (χ1n) is 7.69. The van der Waals surface area contributed by atoms with Crippen LogP contribution in [0.25, 0.3) is 0 Å². The lowest BCUT2D eigenvalue weighted by molar-refractivity contribution is 0.311. The van der Waals surface area contributed by atoms with E-state index in [1.807, 2.05) is 25.1 Å². The maximum atomic E-state index is 5.46. The molecule has 3 heteroatoms. The zero-order valence-corrected chi connectivity index (χ0v) is 12.2. The summed E-state index contributed by atoms with van der Waals surface area (Å²) >= 11 is 0. The van der Waals surface area contributed by atoms with Gasteiger partial charge in [-0.25, -0.2) is 0 Å². The summed E-state index contributed by atoms with van der Waals surface area (Å²) in [7, 11) is 0. The third-order valence-electron chi connectivity index (χ3n) is 4.01. The number of hydrogen-bond acceptors (Lipinski definition) is 3. The predicted octanol–water partition coefficient (Wildman–Crippen LogP) is 4.25. The molecule has 1 aromatic heterocycles. The molecule has 1 fully saturated rings. The molecule has 0 amide bonds. The monoisotopic (exact) mass is 262 g/mol. The Morgan fingerprint density at radius 1 is 1.26 bits per heavy atom. The molecule has 1 unspecified atom stereocenters. The molecule has 0 aromatic carbocycles. The van der Waals surface area contributed by atoms with Crippen LogP contribution in [-0.4, -0.2) is 17.6 Å². The Kier molecular flexibility index (Phi) is 5.49. The van der Waals surface area contributed by atoms with Crippen molar-refractivity contribution in [2.75, 3.05) is 11.9 Å². The summed E-state index contributed by atoms with van der Waals surface area (Å²) in [4.78, 5) is 4.51. The Morgan fingerprint density at radius 2 is 2.05 bits per heavy atom. The van der Waals surface area contributed by atoms with Crippen molar-refractivity contribution in [2.45, 2.75) is 58.4 Å². The zero-order chi connectivity index (χ0) is 13.5. The zero-order valence-electron chi connectivity index (χ0n) is 12.2. The Hall–Kier alpha value is -1.25. The topological polar surface area (TPSA) is 34.1 Å². The molecule has 0 aliphatic heterocycles. The molecule has 1 aliphatic carbocycles. The van der Waals surface area contributed by atoms with Gasteiger partial charge in [0.15, 0.2) is 0 Å². The molecule has 2 rings (SSSR count). The van der Waals surface area contributed by atoms with E-state index in [1.165, 1.54) is 32.1 Å². The molecule has 0 spiro atoms. The highest BCUT2D eigenvalue weighted by Gasteiger charge is 2.22. The minimum atomic E-state index is 0.546. The lowest BCUT2D eigenvalue weighted by Gasteiger charge is -2.30. The Balaban J connectivity index is 1.98. The third kappa shape index (κ3) is 4.12. The number of hydrogen-bond donors (Lipinski definition) is 1. The number of aromatic nitrogens is 1. The van der Waals surface area contributed by atoms with Crippen LogP contribution in [0.3, 0.4) is 0 Å². The van der Waals surface area contributed by atoms with Crippen molar-refractivity contribution in [3.8, 4) is 5.88 Å². The molecule has 0 bridgehead atoms. The second-order valence-corrected chi connectivity index (χ2v) is 5.35. The molecule has 1 aliphatic rings. The summed E-state index contributed by atoms with van der Waals surface area (Å²) < 4.78 is 5.46. The van der Waals surface area contributed by atoms with E-state index in [4.69, 9.17) is 4.74 Å². The number of nitrogens with one attached hydrogen (secondary N) is 1. The average molecular weight is 262 g/mol. The standard InChI is InChI=1S/C16H26N2O/c1-3-14(13-9-6-5-7-10-13)17-15-11-8-12-16(18-15)19-4-2/h8,11-14H,3-7,9-10H2,1-2H3,(H,17,18). The van der Waals surface area contributed by atoms with E-state index in [1.54, 1.807) is 0 Å². The normalized spacial score (nSPS) is 18.0. The van der Waals surface area contributed by atoms with E-state index >= 15 is 0 Å². The minimum Gasteiger partial charge on any atom is -0.478 e. The Labute approximate surface area is 116 Å². The van der Waals surface area contributed by atoms with Crippen molar-refractivity contribution >= 4 is 5.82 Å². The second-order valence-electron chi connectivity index (χ2n) is 5.35. The summed E-state index contributed by atoms with van der Waals surface area (Å²) in [5, 5.41) is 3.61. The number of nitrogens with zero attached hydrogens (tertiary/aromatic N) is 1. The van der Waals surface area contributed by atoms with E-state index in [2.05, 4.69) is 17.2 Å². The van der Waals surface area contributed by atoms with Gasteiger partial charge in [-0.05, 0) is 38.2 Å². The van der Waals surface area contributed by atoms with Gasteiger partial charge < -0.3 is 10.1 Å². The smallest absolute Gasteiger partial charge is 0.215 e. The van der Waals surface area contributed by atoms with Gasteiger partial charge in [0, 0.05) is 12.1 Å². The summed E-state index contributed by atoms with van der Waals surface area (Å²) in [6.45, 7) is 4.91. The first-order valence-corrected chi connectivity index (χ1v) is 7.69. The molecule has 106 valence electrons. The van der Waals surface area contributed by atoms with Crippen molar-refractivity contribution in [1.82, 2.24) is 4.98 Å². The van der Waals surface area contributed by atoms with Gasteiger partial charge in [-0.2, -0.15) is 4.98 Å². The molecule has 0 radical (unpaired) electrons. The van der Waals surface area contributed by atoms with Crippen molar-refractivity contribution in [2.24, 2.45) is 5.92 Å². The summed E-state index contributed by atoms with van der Waals surface area (Å²) in [6, 6.07) is 6.50. The van der Waals surface area contributed by atoms with Gasteiger partial charge in [-0.15, -0.1) is 0 Å². The quantitative estimate of drug-likeness (QED) is 0.832. The van der Waals surface area contributed by atoms with Crippen LogP contribution >= 0.6 is 0 Å². The third-order valence-corrected chi connectivity index (χ3v) is 4.01. The molecular formula is C16H26N2O. The lowest BCUT2D eigenvalue weighted by atomic mass is 9.83. The van der Waals surface area contributed by atoms with Crippen LogP contribution in [0.1, 0.15) is 52.4 Å². The molecule has 19 heavy (non-hydrogen) atoms. The SMILES string of the molecule is CCOc1cccc(NC(CC)C2CCCCC2)n1. The van der Waals surface area contributed by atoms with Gasteiger partial charge in [-0.1, -0.05) is 32.3 Å². The lowest BCUT2D eigenvalue weighted by Crippen LogP contribution is -2.30. The molecular weight excluding hydrogens is 236 g/mol. The molecule has 1 heterocycles. The Bertz CT molecular complexity index is 375. The van der Waals surface area contributed by atoms with Crippen LogP contribution in [0.4, 0.5) is 5.82 Å². The number of anilines is 1. The van der Waals surface area contributed by atoms with Crippen LogP contribution < -0.4 is 10.1 Å². The highest BCUT2D eigenvalue weighted by atomic mass is 16.5. The molecule has 3 nitrogen and oxygen atoms in total. The number of pyridine rings is 1. The largest absolute Gasteiger partial charge is 0.478 e. The fraction of sp³-hybridized carbons (Fsp3) is 0.688. The maximum absolute atomic E-state index is 5.46. The van der Waals surface area contributed by atoms with E-state index < -0.39 is 0 Å². The highest BCUT2D eigenvalue weighted by molar-refractivity contribution is 5.38. The van der Waals surface area contributed by atoms with Crippen molar-refractivity contribution in [1.29, 1.82) is 0 Å². The summed E-state index contributed by atoms with van der Waals surface area (Å²) in [5.74, 6) is 2.46. The van der Waals surface area contributed by atoms with Crippen molar-refractivity contribution < 1.29 is 4.74 Å². The van der Waals surface area contributed by atoms with Gasteiger partial charge in [0.25, 0.3) is 0 Å². The predicted molar refractivity (Wildman–Crippen MR) is 79.7 cm³/mol. The average Bonchev–Trinajstić information content (AvgIpc) is 2.46. The van der Waals surface area contributed by atoms with Gasteiger partial charge in [-0.3, -0.25) is 0 Å². The molecule has 1 atom stereocenters. The first kappa shape index (κ1) is 14.2. The van der Waals surface area contributed by atoms with Crippen LogP contribution in [0.5, 0.6) is 5.88 Å². The highest BCUT2D eigenvalue weighted by Crippen LogP contribution is 2.29. The molecule has 1 aromatic rings.